The average molecular weight is 547 g/mol. The first kappa shape index (κ1) is 27.3. The van der Waals surface area contributed by atoms with Crippen molar-refractivity contribution in [1.29, 1.82) is 0 Å². The number of thiazole rings is 1. The van der Waals surface area contributed by atoms with Gasteiger partial charge in [-0.1, -0.05) is 49.8 Å². The number of H-pyrrole nitrogens is 1. The molecule has 2 unspecified atom stereocenters. The molecule has 1 aromatic carbocycles. The Morgan fingerprint density at radius 1 is 1.27 bits per heavy atom. The fraction of sp³-hybridized carbons (Fsp3) is 0.538. The molecular weight excluding hydrogens is 512 g/mol. The number of nitrogens with one attached hydrogen (secondary N) is 3. The number of ether oxygens (including phenoxy) is 1. The first-order valence-electron chi connectivity index (χ1n) is 12.9. The number of piperidine rings is 1. The van der Waals surface area contributed by atoms with Crippen LogP contribution in [-0.4, -0.2) is 65.2 Å². The van der Waals surface area contributed by atoms with Gasteiger partial charge in [0.2, 0.25) is 0 Å². The van der Waals surface area contributed by atoms with Gasteiger partial charge in [-0.05, 0) is 50.8 Å². The number of benzene rings is 1. The number of anilines is 1. The van der Waals surface area contributed by atoms with Crippen molar-refractivity contribution in [3.8, 4) is 0 Å². The molecule has 1 amide bonds. The van der Waals surface area contributed by atoms with Crippen molar-refractivity contribution in [3.05, 3.63) is 40.4 Å². The smallest absolute Gasteiger partial charge is 0.339 e. The average Bonchev–Trinajstić information content (AvgIpc) is 3.48. The molecule has 2 aromatic heterocycles. The van der Waals surface area contributed by atoms with Gasteiger partial charge < -0.3 is 25.3 Å². The fourth-order valence-electron chi connectivity index (χ4n) is 4.47. The van der Waals surface area contributed by atoms with Crippen LogP contribution >= 0.6 is 22.9 Å². The molecule has 2 atom stereocenters. The van der Waals surface area contributed by atoms with Crippen molar-refractivity contribution in [2.24, 2.45) is 5.92 Å². The lowest BCUT2D eigenvalue weighted by Gasteiger charge is -2.39. The summed E-state index contributed by atoms with van der Waals surface area (Å²) in [5, 5.41) is 8.02. The van der Waals surface area contributed by atoms with Gasteiger partial charge in [0.25, 0.3) is 5.91 Å². The zero-order chi connectivity index (χ0) is 26.5. The molecule has 1 fully saturated rings. The summed E-state index contributed by atoms with van der Waals surface area (Å²) in [5.41, 5.74) is 2.08. The molecule has 200 valence electrons. The number of hydrogen-bond acceptors (Lipinski definition) is 8. The van der Waals surface area contributed by atoms with E-state index in [9.17, 15) is 9.59 Å². The first-order valence-corrected chi connectivity index (χ1v) is 14.1. The highest BCUT2D eigenvalue weighted by molar-refractivity contribution is 7.22. The maximum absolute atomic E-state index is 13.0. The van der Waals surface area contributed by atoms with Crippen molar-refractivity contribution in [2.45, 2.75) is 59.0 Å². The molecule has 9 nitrogen and oxygen atoms in total. The van der Waals surface area contributed by atoms with Gasteiger partial charge in [-0.3, -0.25) is 4.79 Å². The quantitative estimate of drug-likeness (QED) is 0.322. The van der Waals surface area contributed by atoms with Crippen LogP contribution in [0, 0.1) is 5.92 Å². The van der Waals surface area contributed by atoms with E-state index in [0.29, 0.717) is 36.2 Å². The summed E-state index contributed by atoms with van der Waals surface area (Å²) >= 11 is 7.65. The van der Waals surface area contributed by atoms with Crippen LogP contribution in [0.5, 0.6) is 0 Å². The molecule has 0 aliphatic carbocycles. The molecule has 0 radical (unpaired) electrons. The third-order valence-electron chi connectivity index (χ3n) is 6.52. The second kappa shape index (κ2) is 12.2. The van der Waals surface area contributed by atoms with Crippen LogP contribution in [0.25, 0.3) is 10.2 Å². The monoisotopic (exact) mass is 546 g/mol. The summed E-state index contributed by atoms with van der Waals surface area (Å²) in [4.78, 5) is 39.7. The summed E-state index contributed by atoms with van der Waals surface area (Å²) in [5.74, 6) is 0.225. The molecule has 1 aliphatic rings. The highest BCUT2D eigenvalue weighted by Crippen LogP contribution is 2.33. The Labute approximate surface area is 226 Å². The Bertz CT molecular complexity index is 1240. The lowest BCUT2D eigenvalue weighted by Crippen LogP contribution is -2.60. The van der Waals surface area contributed by atoms with Crippen molar-refractivity contribution in [1.82, 2.24) is 25.6 Å². The molecule has 0 saturated carbocycles. The van der Waals surface area contributed by atoms with E-state index >= 15 is 0 Å². The molecule has 37 heavy (non-hydrogen) atoms. The Kier molecular flexibility index (Phi) is 9.04. The Balaban J connectivity index is 1.52. The maximum Gasteiger partial charge on any atom is 0.339 e. The molecule has 0 spiro atoms. The third-order valence-corrected chi connectivity index (χ3v) is 8.00. The third kappa shape index (κ3) is 6.42. The van der Waals surface area contributed by atoms with Gasteiger partial charge in [-0.25, -0.2) is 14.8 Å². The van der Waals surface area contributed by atoms with Crippen LogP contribution in [0.2, 0.25) is 5.15 Å². The number of fused-ring (bicyclic) bond motifs is 1. The van der Waals surface area contributed by atoms with Crippen LogP contribution < -0.4 is 15.5 Å². The van der Waals surface area contributed by atoms with Gasteiger partial charge in [0.15, 0.2) is 16.1 Å². The summed E-state index contributed by atoms with van der Waals surface area (Å²) in [7, 11) is 0. The molecule has 1 aliphatic heterocycles. The number of hydrogen-bond donors (Lipinski definition) is 3. The van der Waals surface area contributed by atoms with Crippen molar-refractivity contribution < 1.29 is 14.3 Å². The van der Waals surface area contributed by atoms with Crippen molar-refractivity contribution in [2.75, 3.05) is 31.1 Å². The minimum atomic E-state index is -0.331. The molecule has 3 heterocycles. The summed E-state index contributed by atoms with van der Waals surface area (Å²) in [6, 6.07) is 5.48. The Morgan fingerprint density at radius 2 is 2.08 bits per heavy atom. The highest BCUT2D eigenvalue weighted by atomic mass is 35.5. The first-order chi connectivity index (χ1) is 17.8. The number of aromatic amines is 1. The van der Waals surface area contributed by atoms with Gasteiger partial charge in [-0.15, -0.1) is 0 Å². The minimum Gasteiger partial charge on any atom is -0.462 e. The second-order valence-electron chi connectivity index (χ2n) is 9.64. The van der Waals surface area contributed by atoms with Crippen LogP contribution in [0.15, 0.2) is 18.2 Å². The number of aromatic nitrogens is 3. The standard InChI is InChI=1S/C26H35ClN6O3S/c1-5-17-22(27)32-23(29-17)24(34)30-18-11-13-33(14-20(18)28-12-10-15(3)4)26-31-19-9-7-8-16(21(19)37-26)25(35)36-6-2/h7-9,15,18,20,28H,5-6,10-14H2,1-4H3,(H,29,32)(H,30,34). The largest absolute Gasteiger partial charge is 0.462 e. The second-order valence-corrected chi connectivity index (χ2v) is 11.0. The van der Waals surface area contributed by atoms with Crippen molar-refractivity contribution in [3.63, 3.8) is 0 Å². The van der Waals surface area contributed by atoms with Crippen LogP contribution in [0.1, 0.15) is 67.2 Å². The van der Waals surface area contributed by atoms with Gasteiger partial charge in [0.05, 0.1) is 28.1 Å². The van der Waals surface area contributed by atoms with E-state index in [2.05, 4.69) is 39.3 Å². The number of rotatable bonds is 10. The number of imidazole rings is 1. The predicted octanol–water partition coefficient (Wildman–Crippen LogP) is 4.42. The zero-order valence-corrected chi connectivity index (χ0v) is 23.3. The maximum atomic E-state index is 13.0. The summed E-state index contributed by atoms with van der Waals surface area (Å²) < 4.78 is 6.07. The fourth-order valence-corrected chi connectivity index (χ4v) is 5.84. The van der Waals surface area contributed by atoms with E-state index in [1.807, 2.05) is 19.1 Å². The van der Waals surface area contributed by atoms with Crippen molar-refractivity contribution >= 4 is 50.2 Å². The number of carbonyl (C=O) groups is 2. The van der Waals surface area contributed by atoms with Gasteiger partial charge in [0, 0.05) is 25.2 Å². The predicted molar refractivity (Wildman–Crippen MR) is 148 cm³/mol. The van der Waals surface area contributed by atoms with E-state index in [1.54, 1.807) is 13.0 Å². The Morgan fingerprint density at radius 3 is 2.78 bits per heavy atom. The molecule has 3 N–H and O–H groups in total. The molecule has 3 aromatic rings. The van der Waals surface area contributed by atoms with E-state index in [0.717, 1.165) is 47.0 Å². The number of carbonyl (C=O) groups excluding carboxylic acids is 2. The van der Waals surface area contributed by atoms with Crippen LogP contribution in [-0.2, 0) is 11.2 Å². The summed E-state index contributed by atoms with van der Waals surface area (Å²) in [6.45, 7) is 10.7. The van der Waals surface area contributed by atoms with Gasteiger partial charge in [0.1, 0.15) is 0 Å². The summed E-state index contributed by atoms with van der Waals surface area (Å²) in [6.07, 6.45) is 2.45. The van der Waals surface area contributed by atoms with E-state index in [1.165, 1.54) is 11.3 Å². The number of halogens is 1. The van der Waals surface area contributed by atoms with E-state index in [4.69, 9.17) is 21.3 Å². The zero-order valence-electron chi connectivity index (χ0n) is 21.8. The Hall–Kier alpha value is -2.69. The lowest BCUT2D eigenvalue weighted by molar-refractivity contribution is 0.0528. The number of aryl methyl sites for hydroxylation is 1. The van der Waals surface area contributed by atoms with E-state index < -0.39 is 0 Å². The molecule has 4 rings (SSSR count). The molecule has 0 bridgehead atoms. The number of amides is 1. The lowest BCUT2D eigenvalue weighted by atomic mass is 9.98. The highest BCUT2D eigenvalue weighted by Gasteiger charge is 2.32. The molecule has 1 saturated heterocycles. The molecule has 11 heteroatoms. The minimum absolute atomic E-state index is 0.0177. The van der Waals surface area contributed by atoms with Crippen LogP contribution in [0.4, 0.5) is 5.13 Å². The van der Waals surface area contributed by atoms with Crippen LogP contribution in [0.3, 0.4) is 0 Å². The number of nitrogens with zero attached hydrogens (tertiary/aromatic N) is 3. The topological polar surface area (TPSA) is 112 Å². The van der Waals surface area contributed by atoms with E-state index in [-0.39, 0.29) is 29.8 Å². The molecular formula is C26H35ClN6O3S. The van der Waals surface area contributed by atoms with Gasteiger partial charge in [-0.2, -0.15) is 0 Å². The van der Waals surface area contributed by atoms with Gasteiger partial charge >= 0.3 is 5.97 Å². The SMILES string of the molecule is CCOC(=O)c1cccc2nc(N3CCC(NC(=O)c4nc(Cl)c(CC)[nH]4)C(NCCC(C)C)C3)sc12. The normalized spacial score (nSPS) is 17.9. The number of esters is 1.